The van der Waals surface area contributed by atoms with Gasteiger partial charge < -0.3 is 10.2 Å². The van der Waals surface area contributed by atoms with Gasteiger partial charge in [0.05, 0.1) is 0 Å². The lowest BCUT2D eigenvalue weighted by Crippen LogP contribution is -2.26. The number of hydrogen-bond acceptors (Lipinski definition) is 4. The minimum atomic E-state index is -0.530. The molecule has 0 saturated heterocycles. The van der Waals surface area contributed by atoms with Gasteiger partial charge in [-0.15, -0.1) is 11.5 Å². The van der Waals surface area contributed by atoms with Crippen molar-refractivity contribution in [2.45, 2.75) is 73.1 Å². The molecule has 0 atom stereocenters. The molecule has 2 aromatic carbocycles. The fourth-order valence-electron chi connectivity index (χ4n) is 4.05. The minimum Gasteiger partial charge on any atom is -0.873 e. The first-order chi connectivity index (χ1) is 15.4. The van der Waals surface area contributed by atoms with Crippen molar-refractivity contribution in [1.82, 2.24) is 0 Å². The van der Waals surface area contributed by atoms with Crippen LogP contribution in [0.5, 0.6) is 11.5 Å². The molecule has 34 heavy (non-hydrogen) atoms. The lowest BCUT2D eigenvalue weighted by atomic mass is 9.77. The van der Waals surface area contributed by atoms with Gasteiger partial charge in [-0.3, -0.25) is 9.59 Å². The van der Waals surface area contributed by atoms with Gasteiger partial charge in [0.1, 0.15) is 0 Å². The Morgan fingerprint density at radius 2 is 1.18 bits per heavy atom. The third kappa shape index (κ3) is 5.01. The Labute approximate surface area is 203 Å². The molecule has 3 rings (SSSR count). The number of Topliss-reactive ketones (excluding diaryl/α,β-unsaturated/α-hetero) is 1. The van der Waals surface area contributed by atoms with E-state index in [9.17, 15) is 19.8 Å². The van der Waals surface area contributed by atoms with Crippen molar-refractivity contribution in [1.29, 1.82) is 0 Å². The zero-order valence-corrected chi connectivity index (χ0v) is 21.7. The number of allylic oxidation sites excluding steroid dienone is 4. The topological polar surface area (TPSA) is 80.3 Å². The van der Waals surface area contributed by atoms with E-state index in [0.717, 1.165) is 16.7 Å². The van der Waals surface area contributed by atoms with E-state index in [1.807, 2.05) is 59.7 Å². The fourth-order valence-corrected chi connectivity index (χ4v) is 4.05. The van der Waals surface area contributed by atoms with Gasteiger partial charge in [-0.1, -0.05) is 92.1 Å². The highest BCUT2D eigenvalue weighted by molar-refractivity contribution is 6.50. The molecule has 0 saturated carbocycles. The molecule has 4 heteroatoms. The number of rotatable bonds is 2. The summed E-state index contributed by atoms with van der Waals surface area (Å²) in [6.45, 7) is 17.8. The Morgan fingerprint density at radius 1 is 0.618 bits per heavy atom. The molecule has 0 N–H and O–H groups in total. The van der Waals surface area contributed by atoms with Gasteiger partial charge in [-0.2, -0.15) is 0 Å². The van der Waals surface area contributed by atoms with Gasteiger partial charge in [-0.25, -0.2) is 0 Å². The summed E-state index contributed by atoms with van der Waals surface area (Å²) < 4.78 is 0. The van der Waals surface area contributed by atoms with Crippen LogP contribution in [0.15, 0.2) is 48.1 Å². The molecule has 0 amide bonds. The molecule has 0 aliphatic heterocycles. The molecular weight excluding hydrogens is 424 g/mol. The molecule has 0 bridgehead atoms. The van der Waals surface area contributed by atoms with E-state index in [0.29, 0.717) is 22.3 Å². The lowest BCUT2D eigenvalue weighted by Gasteiger charge is -2.31. The van der Waals surface area contributed by atoms with Crippen molar-refractivity contribution in [2.75, 3.05) is 0 Å². The van der Waals surface area contributed by atoms with Gasteiger partial charge in [0, 0.05) is 5.57 Å². The molecule has 0 radical (unpaired) electrons. The average Bonchev–Trinajstić information content (AvgIpc) is 2.69. The Bertz CT molecular complexity index is 1240. The summed E-state index contributed by atoms with van der Waals surface area (Å²) in [7, 11) is 0. The van der Waals surface area contributed by atoms with E-state index in [4.69, 9.17) is 0 Å². The molecule has 0 aromatic heterocycles. The van der Waals surface area contributed by atoms with Crippen LogP contribution in [-0.2, 0) is 20.4 Å². The first-order valence-corrected chi connectivity index (χ1v) is 11.6. The smallest absolute Gasteiger partial charge is 0.229 e. The molecule has 2 aromatic rings. The highest BCUT2D eigenvalue weighted by Gasteiger charge is 2.31. The summed E-state index contributed by atoms with van der Waals surface area (Å²) in [5.41, 5.74) is 3.74. The van der Waals surface area contributed by atoms with Crippen LogP contribution in [0.1, 0.15) is 79.0 Å². The summed E-state index contributed by atoms with van der Waals surface area (Å²) in [5, 5.41) is 25.1. The summed E-state index contributed by atoms with van der Waals surface area (Å²) in [6, 6.07) is 9.17. The zero-order valence-electron chi connectivity index (χ0n) is 21.7. The molecule has 1 aliphatic rings. The third-order valence-corrected chi connectivity index (χ3v) is 6.19. The van der Waals surface area contributed by atoms with Crippen LogP contribution in [-0.4, -0.2) is 11.6 Å². The summed E-state index contributed by atoms with van der Waals surface area (Å²) in [4.78, 5) is 25.1. The van der Waals surface area contributed by atoms with Gasteiger partial charge in [0.2, 0.25) is 11.6 Å². The predicted octanol–water partition coefficient (Wildman–Crippen LogP) is 5.60. The van der Waals surface area contributed by atoms with Crippen LogP contribution in [0.4, 0.5) is 0 Å². The van der Waals surface area contributed by atoms with Crippen molar-refractivity contribution in [3.8, 4) is 22.6 Å². The van der Waals surface area contributed by atoms with Crippen LogP contribution in [0.3, 0.4) is 0 Å². The van der Waals surface area contributed by atoms with E-state index >= 15 is 0 Å². The largest absolute Gasteiger partial charge is 0.873 e. The molecule has 4 nitrogen and oxygen atoms in total. The van der Waals surface area contributed by atoms with E-state index in [2.05, 4.69) is 20.8 Å². The first kappa shape index (κ1) is 25.5. The normalized spacial score (nSPS) is 15.3. The van der Waals surface area contributed by atoms with Crippen molar-refractivity contribution in [3.63, 3.8) is 0 Å². The summed E-state index contributed by atoms with van der Waals surface area (Å²) in [6.07, 6.45) is 3.19. The van der Waals surface area contributed by atoms with Crippen LogP contribution < -0.4 is 10.2 Å². The number of carbonyl (C=O) groups is 2. The molecule has 1 aliphatic carbocycles. The lowest BCUT2D eigenvalue weighted by molar-refractivity contribution is -0.318. The standard InChI is InChI=1S/C30H36O4/c1-28(2,3)21-11-17(19-13-22(29(4,5)6)26(33)24(31)15-19)10-18(12-21)20-14-23(30(7,8)9)27(34)25(32)16-20/h10-16,31,33H,1-9H3/p-2. The summed E-state index contributed by atoms with van der Waals surface area (Å²) >= 11 is 0. The predicted molar refractivity (Wildman–Crippen MR) is 134 cm³/mol. The first-order valence-electron chi connectivity index (χ1n) is 11.6. The monoisotopic (exact) mass is 458 g/mol. The van der Waals surface area contributed by atoms with Gasteiger partial charge in [-0.05, 0) is 62.3 Å². The molecule has 0 unspecified atom stereocenters. The van der Waals surface area contributed by atoms with Crippen LogP contribution in [0.2, 0.25) is 0 Å². The molecule has 180 valence electrons. The van der Waals surface area contributed by atoms with Gasteiger partial charge >= 0.3 is 0 Å². The summed E-state index contributed by atoms with van der Waals surface area (Å²) in [5.74, 6) is -2.00. The second-order valence-electron chi connectivity index (χ2n) is 12.3. The van der Waals surface area contributed by atoms with E-state index < -0.39 is 33.9 Å². The van der Waals surface area contributed by atoms with Crippen LogP contribution >= 0.6 is 0 Å². The zero-order chi connectivity index (χ0) is 25.8. The number of benzene rings is 2. The van der Waals surface area contributed by atoms with Crippen LogP contribution in [0, 0.1) is 5.41 Å². The van der Waals surface area contributed by atoms with Gasteiger partial charge in [0.25, 0.3) is 0 Å². The quantitative estimate of drug-likeness (QED) is 0.433. The van der Waals surface area contributed by atoms with Crippen molar-refractivity contribution >= 4 is 17.1 Å². The number of carbonyl (C=O) groups excluding carboxylic acids is 2. The average molecular weight is 459 g/mol. The second kappa shape index (κ2) is 8.26. The Hall–Kier alpha value is -3.14. The third-order valence-electron chi connectivity index (χ3n) is 6.19. The maximum Gasteiger partial charge on any atom is 0.229 e. The minimum absolute atomic E-state index is 0.206. The molecule has 0 heterocycles. The van der Waals surface area contributed by atoms with E-state index in [1.165, 1.54) is 12.1 Å². The Balaban J connectivity index is 2.29. The Kier molecular flexibility index (Phi) is 6.19. The highest BCUT2D eigenvalue weighted by atomic mass is 16.3. The molecule has 0 spiro atoms. The fraction of sp³-hybridized carbons (Fsp3) is 0.400. The maximum absolute atomic E-state index is 12.6. The highest BCUT2D eigenvalue weighted by Crippen LogP contribution is 2.40. The van der Waals surface area contributed by atoms with E-state index in [-0.39, 0.29) is 5.41 Å². The van der Waals surface area contributed by atoms with Crippen molar-refractivity contribution in [2.24, 2.45) is 5.41 Å². The van der Waals surface area contributed by atoms with Crippen molar-refractivity contribution in [3.05, 3.63) is 64.7 Å². The maximum atomic E-state index is 12.6. The molecule has 0 fully saturated rings. The van der Waals surface area contributed by atoms with Crippen LogP contribution in [0.25, 0.3) is 16.7 Å². The SMILES string of the molecule is CC(C)(C)C1=CC(c2cc(-c3cc([O-])c([O-])c(C(C)(C)C)c3)cc(C(C)(C)C)c2)=CC(=O)C1=O. The number of ketones is 2. The molecular formula is C30H34O4-2. The van der Waals surface area contributed by atoms with Gasteiger partial charge in [0.15, 0.2) is 0 Å². The van der Waals surface area contributed by atoms with Crippen molar-refractivity contribution < 1.29 is 19.8 Å². The Morgan fingerprint density at radius 3 is 1.71 bits per heavy atom. The van der Waals surface area contributed by atoms with E-state index in [1.54, 1.807) is 12.1 Å². The number of hydrogen-bond donors (Lipinski definition) is 0. The second-order valence-corrected chi connectivity index (χ2v) is 12.3.